The lowest BCUT2D eigenvalue weighted by atomic mass is 9.57. The minimum absolute atomic E-state index is 0.00448. The quantitative estimate of drug-likeness (QED) is 0.318. The zero-order valence-corrected chi connectivity index (χ0v) is 22.2. The summed E-state index contributed by atoms with van der Waals surface area (Å²) in [6.45, 7) is 1.97. The summed E-state index contributed by atoms with van der Waals surface area (Å²) in [6.07, 6.45) is 2.46. The molecule has 41 heavy (non-hydrogen) atoms. The maximum atomic E-state index is 14.2. The topological polar surface area (TPSA) is 112 Å². The Bertz CT molecular complexity index is 2050. The van der Waals surface area contributed by atoms with E-state index in [-0.39, 0.29) is 17.4 Å². The Hall–Kier alpha value is -4.76. The van der Waals surface area contributed by atoms with Crippen LogP contribution in [0, 0.1) is 0 Å². The molecule has 5 atom stereocenters. The SMILES string of the molecule is CC12NC(=O)C(CC13c1ccccc1N1C(=O)C(Cc4c[nH]c5ccccc45)NC13)n1c2nc2ccccc2c1=O. The third kappa shape index (κ3) is 2.61. The molecule has 1 spiro atoms. The van der Waals surface area contributed by atoms with Gasteiger partial charge in [0.2, 0.25) is 11.8 Å². The van der Waals surface area contributed by atoms with Gasteiger partial charge in [-0.05, 0) is 55.2 Å². The molecule has 2 fully saturated rings. The van der Waals surface area contributed by atoms with Crippen LogP contribution in [0.2, 0.25) is 0 Å². The van der Waals surface area contributed by atoms with E-state index in [9.17, 15) is 14.4 Å². The number of nitrogens with one attached hydrogen (secondary N) is 3. The number of anilines is 1. The molecule has 0 aliphatic carbocycles. The number of carbonyl (C=O) groups excluding carboxylic acids is 2. The predicted molar refractivity (Wildman–Crippen MR) is 153 cm³/mol. The van der Waals surface area contributed by atoms with Gasteiger partial charge in [-0.25, -0.2) is 4.98 Å². The summed E-state index contributed by atoms with van der Waals surface area (Å²) in [6, 6.07) is 22.1. The molecule has 9 heteroatoms. The molecule has 0 saturated carbocycles. The first-order chi connectivity index (χ1) is 19.9. The van der Waals surface area contributed by atoms with Gasteiger partial charge in [0.25, 0.3) is 5.56 Å². The third-order valence-corrected chi connectivity index (χ3v) is 10.0. The minimum Gasteiger partial charge on any atom is -0.361 e. The van der Waals surface area contributed by atoms with Crippen molar-refractivity contribution in [3.63, 3.8) is 0 Å². The first-order valence-corrected chi connectivity index (χ1v) is 14.0. The molecule has 7 heterocycles. The van der Waals surface area contributed by atoms with Gasteiger partial charge in [0.15, 0.2) is 0 Å². The van der Waals surface area contributed by atoms with E-state index in [2.05, 4.69) is 27.8 Å². The van der Waals surface area contributed by atoms with Crippen LogP contribution in [0.25, 0.3) is 21.8 Å². The van der Waals surface area contributed by atoms with Gasteiger partial charge in [-0.3, -0.25) is 29.2 Å². The van der Waals surface area contributed by atoms with Gasteiger partial charge >= 0.3 is 0 Å². The maximum Gasteiger partial charge on any atom is 0.262 e. The molecule has 3 aromatic carbocycles. The van der Waals surface area contributed by atoms with Crippen LogP contribution >= 0.6 is 0 Å². The predicted octanol–water partition coefficient (Wildman–Crippen LogP) is 2.99. The third-order valence-electron chi connectivity index (χ3n) is 10.0. The van der Waals surface area contributed by atoms with Gasteiger partial charge in [0.1, 0.15) is 23.6 Å². The average molecular weight is 543 g/mol. The van der Waals surface area contributed by atoms with Crippen molar-refractivity contribution < 1.29 is 9.59 Å². The van der Waals surface area contributed by atoms with E-state index in [0.717, 1.165) is 27.7 Å². The Morgan fingerprint density at radius 3 is 2.59 bits per heavy atom. The molecule has 3 N–H and O–H groups in total. The van der Waals surface area contributed by atoms with Crippen LogP contribution in [-0.4, -0.2) is 38.6 Å². The molecule has 2 saturated heterocycles. The van der Waals surface area contributed by atoms with Gasteiger partial charge in [0.05, 0.1) is 22.4 Å². The normalized spacial score (nSPS) is 29.3. The van der Waals surface area contributed by atoms with Crippen molar-refractivity contribution in [2.45, 2.75) is 49.0 Å². The van der Waals surface area contributed by atoms with Gasteiger partial charge in [0, 0.05) is 22.8 Å². The van der Waals surface area contributed by atoms with Gasteiger partial charge in [-0.1, -0.05) is 48.5 Å². The summed E-state index contributed by atoms with van der Waals surface area (Å²) in [5.74, 6) is 0.341. The number of benzene rings is 3. The highest BCUT2D eigenvalue weighted by atomic mass is 16.2. The van der Waals surface area contributed by atoms with Crippen LogP contribution in [-0.2, 0) is 27.0 Å². The number of aromatic amines is 1. The zero-order chi connectivity index (χ0) is 27.7. The summed E-state index contributed by atoms with van der Waals surface area (Å²) in [5, 5.41) is 8.60. The van der Waals surface area contributed by atoms with Gasteiger partial charge < -0.3 is 10.3 Å². The molecule has 2 bridgehead atoms. The summed E-state index contributed by atoms with van der Waals surface area (Å²) in [7, 11) is 0. The molecular weight excluding hydrogens is 516 g/mol. The van der Waals surface area contributed by atoms with Gasteiger partial charge in [-0.15, -0.1) is 0 Å². The van der Waals surface area contributed by atoms with Crippen molar-refractivity contribution in [1.82, 2.24) is 25.2 Å². The Balaban J connectivity index is 1.23. The van der Waals surface area contributed by atoms with Crippen LogP contribution in [0.15, 0.2) is 83.8 Å². The van der Waals surface area contributed by atoms with E-state index in [1.807, 2.05) is 72.6 Å². The molecule has 2 aromatic heterocycles. The molecule has 202 valence electrons. The van der Waals surface area contributed by atoms with Crippen LogP contribution in [0.4, 0.5) is 5.69 Å². The largest absolute Gasteiger partial charge is 0.361 e. The Morgan fingerprint density at radius 1 is 0.951 bits per heavy atom. The number of piperidine rings is 1. The van der Waals surface area contributed by atoms with E-state index in [4.69, 9.17) is 4.98 Å². The average Bonchev–Trinajstić information content (AvgIpc) is 3.62. The second kappa shape index (κ2) is 7.50. The van der Waals surface area contributed by atoms with E-state index >= 15 is 0 Å². The van der Waals surface area contributed by atoms with E-state index in [1.165, 1.54) is 0 Å². The summed E-state index contributed by atoms with van der Waals surface area (Å²) in [4.78, 5) is 51.7. The Labute approximate surface area is 234 Å². The number of H-pyrrole nitrogens is 1. The lowest BCUT2D eigenvalue weighted by Gasteiger charge is -2.58. The molecular formula is C32H26N6O3. The number of hydrogen-bond acceptors (Lipinski definition) is 5. The fraction of sp³-hybridized carbons (Fsp3) is 0.250. The number of fused-ring (bicyclic) bond motifs is 6. The molecule has 10 rings (SSSR count). The molecule has 9 nitrogen and oxygen atoms in total. The van der Waals surface area contributed by atoms with Crippen molar-refractivity contribution >= 4 is 39.3 Å². The van der Waals surface area contributed by atoms with Crippen molar-refractivity contribution in [3.05, 3.63) is 106 Å². The number of rotatable bonds is 2. The molecule has 0 radical (unpaired) electrons. The number of nitrogens with zero attached hydrogens (tertiary/aromatic N) is 3. The number of amides is 2. The summed E-state index contributed by atoms with van der Waals surface area (Å²) < 4.78 is 1.60. The maximum absolute atomic E-state index is 14.2. The summed E-state index contributed by atoms with van der Waals surface area (Å²) >= 11 is 0. The second-order valence-corrected chi connectivity index (χ2v) is 11.8. The Kier molecular flexibility index (Phi) is 4.20. The van der Waals surface area contributed by atoms with E-state index < -0.39 is 29.2 Å². The molecule has 2 amide bonds. The first-order valence-electron chi connectivity index (χ1n) is 14.0. The van der Waals surface area contributed by atoms with Crippen LogP contribution in [0.3, 0.4) is 0 Å². The van der Waals surface area contributed by atoms with Crippen molar-refractivity contribution in [2.75, 3.05) is 4.90 Å². The monoisotopic (exact) mass is 542 g/mol. The second-order valence-electron chi connectivity index (χ2n) is 11.8. The molecule has 5 aliphatic rings. The lowest BCUT2D eigenvalue weighted by molar-refractivity contribution is -0.137. The van der Waals surface area contributed by atoms with Crippen molar-refractivity contribution in [1.29, 1.82) is 0 Å². The van der Waals surface area contributed by atoms with Crippen molar-refractivity contribution in [2.24, 2.45) is 0 Å². The van der Waals surface area contributed by atoms with E-state index in [0.29, 0.717) is 29.6 Å². The Morgan fingerprint density at radius 2 is 1.71 bits per heavy atom. The van der Waals surface area contributed by atoms with E-state index in [1.54, 1.807) is 10.6 Å². The number of aromatic nitrogens is 3. The number of hydrogen-bond donors (Lipinski definition) is 3. The van der Waals surface area contributed by atoms with Crippen molar-refractivity contribution in [3.8, 4) is 0 Å². The summed E-state index contributed by atoms with van der Waals surface area (Å²) in [5.41, 5.74) is 2.53. The van der Waals surface area contributed by atoms with Crippen LogP contribution < -0.4 is 21.1 Å². The first kappa shape index (κ1) is 23.0. The highest BCUT2D eigenvalue weighted by molar-refractivity contribution is 6.04. The smallest absolute Gasteiger partial charge is 0.262 e. The highest BCUT2D eigenvalue weighted by Crippen LogP contribution is 2.62. The number of para-hydroxylation sites is 3. The minimum atomic E-state index is -1.06. The van der Waals surface area contributed by atoms with Gasteiger partial charge in [-0.2, -0.15) is 0 Å². The molecule has 5 aliphatic heterocycles. The highest BCUT2D eigenvalue weighted by Gasteiger charge is 2.72. The molecule has 5 unspecified atom stereocenters. The standard InChI is InChI=1S/C32H26N6O3/c1-31-29-34-22-12-6-3-9-19(22)27(40)38(29)25(26(39)36-31)15-32(31)20-10-4-7-13-24(20)37-28(41)23(35-30(32)37)14-17-16-33-21-11-5-2-8-18(17)21/h2-13,16,23,25,30,33,35H,14-15H2,1H3,(H,36,39). The molecule has 5 aromatic rings. The van der Waals surface area contributed by atoms with Crippen LogP contribution in [0.5, 0.6) is 0 Å². The number of carbonyl (C=O) groups is 2. The fourth-order valence-corrected chi connectivity index (χ4v) is 8.19. The van der Waals surface area contributed by atoms with Crippen LogP contribution in [0.1, 0.15) is 36.3 Å². The lowest BCUT2D eigenvalue weighted by Crippen LogP contribution is -2.75. The fourth-order valence-electron chi connectivity index (χ4n) is 8.19. The zero-order valence-electron chi connectivity index (χ0n) is 22.2.